The molecular formula is C29H43NO4. The molecule has 0 heterocycles. The van der Waals surface area contributed by atoms with Crippen LogP contribution in [0.5, 0.6) is 0 Å². The van der Waals surface area contributed by atoms with Gasteiger partial charge in [-0.05, 0) is 119 Å². The van der Waals surface area contributed by atoms with Crippen LogP contribution in [0, 0.1) is 12.8 Å². The fourth-order valence-electron chi connectivity index (χ4n) is 6.68. The van der Waals surface area contributed by atoms with Crippen LogP contribution in [0.25, 0.3) is 0 Å². The molecule has 0 radical (unpaired) electrons. The van der Waals surface area contributed by atoms with Crippen molar-refractivity contribution in [3.63, 3.8) is 0 Å². The van der Waals surface area contributed by atoms with Crippen molar-refractivity contribution in [2.24, 2.45) is 5.92 Å². The van der Waals surface area contributed by atoms with Crippen molar-refractivity contribution in [1.82, 2.24) is 5.32 Å². The number of carboxylic acids is 1. The second-order valence-electron chi connectivity index (χ2n) is 12.2. The van der Waals surface area contributed by atoms with Gasteiger partial charge in [-0.15, -0.1) is 0 Å². The average molecular weight is 470 g/mol. The number of nitrogens with one attached hydrogen (secondary N) is 1. The van der Waals surface area contributed by atoms with E-state index in [4.69, 9.17) is 4.74 Å². The van der Waals surface area contributed by atoms with Crippen LogP contribution >= 0.6 is 0 Å². The number of hydrogen-bond donors (Lipinski definition) is 2. The summed E-state index contributed by atoms with van der Waals surface area (Å²) in [5.41, 5.74) is 4.00. The minimum Gasteiger partial charge on any atom is -0.479 e. The zero-order valence-electron chi connectivity index (χ0n) is 21.8. The highest BCUT2D eigenvalue weighted by atomic mass is 16.5. The molecule has 0 unspecified atom stereocenters. The Morgan fingerprint density at radius 3 is 2.32 bits per heavy atom. The molecule has 0 aromatic heterocycles. The van der Waals surface area contributed by atoms with Crippen molar-refractivity contribution in [1.29, 1.82) is 0 Å². The molecule has 1 aromatic rings. The number of carbonyl (C=O) groups excluding carboxylic acids is 1. The standard InChI is InChI=1S/C29H43NO4/c1-18-11-14-29(15-12-18)16-13-21-22(26(31)30-20-9-7-6-8-10-20)17-19(2)23(24(21)29)25(27(32)33)34-28(3,4)5/h17-18,20,25H,6-16H2,1-5H3,(H,30,31)(H,32,33)/t18?,25-,29?/m1/s1. The summed E-state index contributed by atoms with van der Waals surface area (Å²) >= 11 is 0. The Morgan fingerprint density at radius 1 is 1.09 bits per heavy atom. The Balaban J connectivity index is 1.82. The Hall–Kier alpha value is -1.88. The number of amides is 1. The van der Waals surface area contributed by atoms with Gasteiger partial charge in [-0.25, -0.2) is 4.79 Å². The molecule has 3 aliphatic carbocycles. The third kappa shape index (κ3) is 5.05. The Morgan fingerprint density at radius 2 is 1.74 bits per heavy atom. The predicted octanol–water partition coefficient (Wildman–Crippen LogP) is 6.39. The molecule has 3 aliphatic rings. The van der Waals surface area contributed by atoms with Crippen LogP contribution in [0.1, 0.15) is 131 Å². The van der Waals surface area contributed by atoms with E-state index in [0.29, 0.717) is 5.92 Å². The topological polar surface area (TPSA) is 75.6 Å². The highest BCUT2D eigenvalue weighted by molar-refractivity contribution is 5.97. The van der Waals surface area contributed by atoms with Gasteiger partial charge in [-0.3, -0.25) is 4.79 Å². The maximum absolute atomic E-state index is 13.5. The summed E-state index contributed by atoms with van der Waals surface area (Å²) in [6.07, 6.45) is 10.9. The van der Waals surface area contributed by atoms with Crippen LogP contribution in [-0.2, 0) is 21.4 Å². The lowest BCUT2D eigenvalue weighted by Crippen LogP contribution is -2.37. The molecule has 1 spiro atoms. The number of fused-ring (bicyclic) bond motifs is 2. The van der Waals surface area contributed by atoms with Crippen LogP contribution in [0.2, 0.25) is 0 Å². The normalized spacial score (nSPS) is 26.3. The first-order chi connectivity index (χ1) is 16.0. The number of ether oxygens (including phenoxy) is 1. The molecule has 1 amide bonds. The van der Waals surface area contributed by atoms with Gasteiger partial charge in [-0.1, -0.05) is 26.2 Å². The van der Waals surface area contributed by atoms with E-state index in [9.17, 15) is 14.7 Å². The van der Waals surface area contributed by atoms with Crippen LogP contribution in [0.4, 0.5) is 0 Å². The summed E-state index contributed by atoms with van der Waals surface area (Å²) in [6.45, 7) is 9.99. The summed E-state index contributed by atoms with van der Waals surface area (Å²) in [7, 11) is 0. The minimum atomic E-state index is -1.03. The van der Waals surface area contributed by atoms with E-state index in [-0.39, 0.29) is 17.4 Å². The Bertz CT molecular complexity index is 930. The number of carbonyl (C=O) groups is 2. The fraction of sp³-hybridized carbons (Fsp3) is 0.724. The Kier molecular flexibility index (Phi) is 7.15. The van der Waals surface area contributed by atoms with Crippen LogP contribution in [0.15, 0.2) is 6.07 Å². The van der Waals surface area contributed by atoms with Gasteiger partial charge in [0.1, 0.15) is 0 Å². The number of carboxylic acid groups (broad SMARTS) is 1. The summed E-state index contributed by atoms with van der Waals surface area (Å²) in [4.78, 5) is 26.1. The van der Waals surface area contributed by atoms with Gasteiger partial charge in [0.2, 0.25) is 0 Å². The van der Waals surface area contributed by atoms with Crippen molar-refractivity contribution < 1.29 is 19.4 Å². The first-order valence-electron chi connectivity index (χ1n) is 13.4. The van der Waals surface area contributed by atoms with Gasteiger partial charge in [0.05, 0.1) is 5.60 Å². The lowest BCUT2D eigenvalue weighted by atomic mass is 9.65. The summed E-state index contributed by atoms with van der Waals surface area (Å²) in [5.74, 6) is -0.244. The number of rotatable bonds is 5. The van der Waals surface area contributed by atoms with E-state index >= 15 is 0 Å². The van der Waals surface area contributed by atoms with Gasteiger partial charge >= 0.3 is 5.97 Å². The number of benzene rings is 1. The van der Waals surface area contributed by atoms with Crippen molar-refractivity contribution >= 4 is 11.9 Å². The van der Waals surface area contributed by atoms with E-state index in [0.717, 1.165) is 79.2 Å². The monoisotopic (exact) mass is 469 g/mol. The molecule has 5 heteroatoms. The molecule has 1 atom stereocenters. The summed E-state index contributed by atoms with van der Waals surface area (Å²) < 4.78 is 6.17. The molecule has 1 aromatic carbocycles. The molecule has 5 nitrogen and oxygen atoms in total. The van der Waals surface area contributed by atoms with E-state index in [1.165, 1.54) is 19.3 Å². The quantitative estimate of drug-likeness (QED) is 0.524. The fourth-order valence-corrected chi connectivity index (χ4v) is 6.68. The molecule has 2 fully saturated rings. The molecule has 0 saturated heterocycles. The van der Waals surface area contributed by atoms with Gasteiger partial charge in [0, 0.05) is 11.6 Å². The van der Waals surface area contributed by atoms with Crippen LogP contribution < -0.4 is 5.32 Å². The van der Waals surface area contributed by atoms with Crippen molar-refractivity contribution in [2.45, 2.75) is 128 Å². The van der Waals surface area contributed by atoms with Gasteiger partial charge in [0.15, 0.2) is 6.10 Å². The van der Waals surface area contributed by atoms with E-state index < -0.39 is 17.7 Å². The smallest absolute Gasteiger partial charge is 0.337 e. The first kappa shape index (κ1) is 25.2. The van der Waals surface area contributed by atoms with Crippen molar-refractivity contribution in [3.05, 3.63) is 33.9 Å². The molecule has 0 aliphatic heterocycles. The number of hydrogen-bond acceptors (Lipinski definition) is 3. The van der Waals surface area contributed by atoms with Crippen molar-refractivity contribution in [3.8, 4) is 0 Å². The van der Waals surface area contributed by atoms with Crippen LogP contribution in [-0.4, -0.2) is 28.6 Å². The molecule has 2 saturated carbocycles. The maximum Gasteiger partial charge on any atom is 0.337 e. The highest BCUT2D eigenvalue weighted by Gasteiger charge is 2.46. The second-order valence-corrected chi connectivity index (χ2v) is 12.2. The van der Waals surface area contributed by atoms with Crippen LogP contribution in [0.3, 0.4) is 0 Å². The van der Waals surface area contributed by atoms with Gasteiger partial charge < -0.3 is 15.2 Å². The molecule has 34 heavy (non-hydrogen) atoms. The maximum atomic E-state index is 13.5. The lowest BCUT2D eigenvalue weighted by molar-refractivity contribution is -0.160. The Labute approximate surface area is 205 Å². The second kappa shape index (κ2) is 9.64. The average Bonchev–Trinajstić information content (AvgIpc) is 3.13. The van der Waals surface area contributed by atoms with Crippen molar-refractivity contribution in [2.75, 3.05) is 0 Å². The number of aliphatic carboxylic acids is 1. The van der Waals surface area contributed by atoms with E-state index in [1.807, 2.05) is 33.8 Å². The molecular weight excluding hydrogens is 426 g/mol. The minimum absolute atomic E-state index is 0.0163. The SMILES string of the molecule is Cc1cc(C(=O)NC2CCCCC2)c2c(c1[C@@H](OC(C)(C)C)C(=O)O)C1(CC2)CCC(C)CC1. The lowest BCUT2D eigenvalue weighted by Gasteiger charge is -2.40. The van der Waals surface area contributed by atoms with Gasteiger partial charge in [0.25, 0.3) is 5.91 Å². The van der Waals surface area contributed by atoms with E-state index in [1.54, 1.807) is 0 Å². The molecule has 0 bridgehead atoms. The zero-order valence-corrected chi connectivity index (χ0v) is 21.8. The van der Waals surface area contributed by atoms with Gasteiger partial charge in [-0.2, -0.15) is 0 Å². The molecule has 4 rings (SSSR count). The number of aryl methyl sites for hydroxylation is 1. The third-order valence-corrected chi connectivity index (χ3v) is 8.44. The third-order valence-electron chi connectivity index (χ3n) is 8.44. The molecule has 2 N–H and O–H groups in total. The largest absolute Gasteiger partial charge is 0.479 e. The molecule has 188 valence electrons. The highest BCUT2D eigenvalue weighted by Crippen LogP contribution is 2.54. The predicted molar refractivity (Wildman–Crippen MR) is 134 cm³/mol. The summed E-state index contributed by atoms with van der Waals surface area (Å²) in [6, 6.07) is 2.19. The summed E-state index contributed by atoms with van der Waals surface area (Å²) in [5, 5.41) is 13.6. The zero-order chi connectivity index (χ0) is 24.7. The van der Waals surface area contributed by atoms with E-state index in [2.05, 4.69) is 12.2 Å². The first-order valence-corrected chi connectivity index (χ1v) is 13.4.